The largest absolute Gasteiger partial charge is 0.650 e. The van der Waals surface area contributed by atoms with E-state index in [4.69, 9.17) is 5.53 Å². The number of para-hydroxylation sites is 2. The maximum absolute atomic E-state index is 8.49. The number of aromatic amines is 1. The summed E-state index contributed by atoms with van der Waals surface area (Å²) >= 11 is 0. The number of imidazole rings is 1. The van der Waals surface area contributed by atoms with Gasteiger partial charge in [0.2, 0.25) is 0 Å². The molecule has 11 heavy (non-hydrogen) atoms. The van der Waals surface area contributed by atoms with Crippen LogP contribution in [-0.2, 0) is 0 Å². The minimum absolute atomic E-state index is 0.367. The first-order chi connectivity index (χ1) is 5.40. The summed E-state index contributed by atoms with van der Waals surface area (Å²) in [6, 6.07) is 7.56. The Bertz CT molecular complexity index is 357. The molecule has 0 bridgehead atoms. The van der Waals surface area contributed by atoms with Crippen molar-refractivity contribution in [3.63, 3.8) is 0 Å². The summed E-state index contributed by atoms with van der Waals surface area (Å²) in [6.07, 6.45) is 0. The van der Waals surface area contributed by atoms with E-state index >= 15 is 0 Å². The van der Waals surface area contributed by atoms with Crippen molar-refractivity contribution in [2.75, 3.05) is 0 Å². The van der Waals surface area contributed by atoms with Gasteiger partial charge in [-0.05, 0) is 12.1 Å². The SMILES string of the molecule is [N-]=[NH+]c1nc2ccccc2[nH]1. The predicted octanol–water partition coefficient (Wildman–Crippen LogP) is 0.297. The van der Waals surface area contributed by atoms with Gasteiger partial charge in [-0.1, -0.05) is 17.1 Å². The van der Waals surface area contributed by atoms with E-state index < -0.39 is 0 Å². The molecule has 2 rings (SSSR count). The van der Waals surface area contributed by atoms with Crippen LogP contribution in [0.15, 0.2) is 24.3 Å². The molecule has 0 aliphatic rings. The van der Waals surface area contributed by atoms with Gasteiger partial charge in [0.15, 0.2) is 5.52 Å². The average molecular weight is 146 g/mol. The van der Waals surface area contributed by atoms with Crippen LogP contribution in [0.2, 0.25) is 0 Å². The minimum Gasteiger partial charge on any atom is -0.650 e. The van der Waals surface area contributed by atoms with Crippen molar-refractivity contribution >= 4 is 17.0 Å². The average Bonchev–Trinajstić information content (AvgIpc) is 2.46. The van der Waals surface area contributed by atoms with Gasteiger partial charge in [0.25, 0.3) is 0 Å². The number of aromatic nitrogens is 2. The van der Waals surface area contributed by atoms with Crippen molar-refractivity contribution in [2.45, 2.75) is 0 Å². The Kier molecular flexibility index (Phi) is 1.18. The van der Waals surface area contributed by atoms with Crippen LogP contribution in [0.3, 0.4) is 0 Å². The first-order valence-corrected chi connectivity index (χ1v) is 3.25. The van der Waals surface area contributed by atoms with E-state index in [1.54, 1.807) is 0 Å². The summed E-state index contributed by atoms with van der Waals surface area (Å²) < 4.78 is 0. The maximum Gasteiger partial charge on any atom is 0.378 e. The molecule has 0 unspecified atom stereocenters. The highest BCUT2D eigenvalue weighted by atomic mass is 15.1. The Morgan fingerprint density at radius 1 is 1.36 bits per heavy atom. The van der Waals surface area contributed by atoms with E-state index in [2.05, 4.69) is 9.97 Å². The van der Waals surface area contributed by atoms with Crippen molar-refractivity contribution in [3.8, 4) is 0 Å². The molecule has 0 amide bonds. The summed E-state index contributed by atoms with van der Waals surface area (Å²) in [5.41, 5.74) is 10.2. The number of nitrogens with one attached hydrogen (secondary N) is 2. The summed E-state index contributed by atoms with van der Waals surface area (Å²) in [5, 5.41) is 1.95. The zero-order valence-corrected chi connectivity index (χ0v) is 5.70. The van der Waals surface area contributed by atoms with Gasteiger partial charge in [-0.2, -0.15) is 0 Å². The molecule has 1 heterocycles. The number of hydrogen-bond acceptors (Lipinski definition) is 1. The number of H-pyrrole nitrogens is 1. The van der Waals surface area contributed by atoms with Crippen LogP contribution < -0.4 is 5.11 Å². The standard InChI is InChI=1S/C7H6N4/c8-11-7-9-5-3-1-2-4-6(5)10-7/h1-4,11H,(H,9,10). The fourth-order valence-electron chi connectivity index (χ4n) is 1.01. The molecule has 1 aromatic heterocycles. The molecule has 4 heteroatoms. The van der Waals surface area contributed by atoms with Crippen molar-refractivity contribution in [1.29, 1.82) is 0 Å². The first kappa shape index (κ1) is 6.03. The van der Waals surface area contributed by atoms with E-state index in [0.717, 1.165) is 11.0 Å². The smallest absolute Gasteiger partial charge is 0.378 e. The first-order valence-electron chi connectivity index (χ1n) is 3.25. The van der Waals surface area contributed by atoms with Gasteiger partial charge >= 0.3 is 5.95 Å². The van der Waals surface area contributed by atoms with Crippen LogP contribution in [-0.4, -0.2) is 9.97 Å². The molecular weight excluding hydrogens is 140 g/mol. The monoisotopic (exact) mass is 146 g/mol. The van der Waals surface area contributed by atoms with Crippen LogP contribution in [0, 0.1) is 0 Å². The number of hydrogen-bond donors (Lipinski definition) is 2. The molecule has 0 radical (unpaired) electrons. The molecule has 2 N–H and O–H groups in total. The predicted molar refractivity (Wildman–Crippen MR) is 40.1 cm³/mol. The van der Waals surface area contributed by atoms with Crippen LogP contribution in [0.4, 0.5) is 5.95 Å². The summed E-state index contributed by atoms with van der Waals surface area (Å²) in [6.45, 7) is 0. The van der Waals surface area contributed by atoms with E-state index in [9.17, 15) is 0 Å². The number of rotatable bonds is 1. The molecule has 0 saturated heterocycles. The molecule has 0 saturated carbocycles. The lowest BCUT2D eigenvalue weighted by Gasteiger charge is -1.76. The maximum atomic E-state index is 8.49. The van der Waals surface area contributed by atoms with E-state index in [1.165, 1.54) is 0 Å². The van der Waals surface area contributed by atoms with Crippen molar-refractivity contribution in [3.05, 3.63) is 29.8 Å². The van der Waals surface area contributed by atoms with Crippen molar-refractivity contribution in [1.82, 2.24) is 9.97 Å². The lowest BCUT2D eigenvalue weighted by molar-refractivity contribution is -0.389. The minimum atomic E-state index is 0.367. The van der Waals surface area contributed by atoms with Crippen molar-refractivity contribution in [2.24, 2.45) is 0 Å². The van der Waals surface area contributed by atoms with Gasteiger partial charge in [-0.25, -0.2) is 4.98 Å². The van der Waals surface area contributed by atoms with Gasteiger partial charge in [0.1, 0.15) is 5.52 Å². The van der Waals surface area contributed by atoms with Gasteiger partial charge in [0, 0.05) is 0 Å². The molecule has 0 aliphatic heterocycles. The molecule has 1 aromatic carbocycles. The fourth-order valence-corrected chi connectivity index (χ4v) is 1.01. The summed E-state index contributed by atoms with van der Waals surface area (Å²) in [4.78, 5) is 6.89. The zero-order valence-electron chi connectivity index (χ0n) is 5.70. The lowest BCUT2D eigenvalue weighted by Crippen LogP contribution is -2.55. The number of nitrogens with zero attached hydrogens (tertiary/aromatic N) is 2. The van der Waals surface area contributed by atoms with Gasteiger partial charge in [0.05, 0.1) is 0 Å². The Morgan fingerprint density at radius 2 is 2.18 bits per heavy atom. The number of fused-ring (bicyclic) bond motifs is 1. The lowest BCUT2D eigenvalue weighted by atomic mass is 10.3. The molecular formula is C7H6N4. The number of benzene rings is 1. The second-order valence-electron chi connectivity index (χ2n) is 2.21. The highest BCUT2D eigenvalue weighted by Gasteiger charge is 2.04. The van der Waals surface area contributed by atoms with Gasteiger partial charge in [-0.3, -0.25) is 0 Å². The third kappa shape index (κ3) is 0.881. The molecule has 0 fully saturated rings. The van der Waals surface area contributed by atoms with E-state index in [0.29, 0.717) is 5.95 Å². The van der Waals surface area contributed by atoms with Gasteiger partial charge < -0.3 is 10.6 Å². The Balaban J connectivity index is 2.78. The molecule has 54 valence electrons. The Hall–Kier alpha value is -1.71. The Morgan fingerprint density at radius 3 is 2.91 bits per heavy atom. The molecule has 0 spiro atoms. The normalized spacial score (nSPS) is 10.2. The van der Waals surface area contributed by atoms with E-state index in [1.807, 2.05) is 29.4 Å². The quantitative estimate of drug-likeness (QED) is 0.558. The van der Waals surface area contributed by atoms with Crippen LogP contribution in [0.1, 0.15) is 0 Å². The van der Waals surface area contributed by atoms with Crippen molar-refractivity contribution < 1.29 is 5.11 Å². The van der Waals surface area contributed by atoms with Gasteiger partial charge in [-0.15, -0.1) is 0 Å². The molecule has 0 aliphatic carbocycles. The molecule has 2 aromatic rings. The summed E-state index contributed by atoms with van der Waals surface area (Å²) in [7, 11) is 0. The fraction of sp³-hybridized carbons (Fsp3) is 0. The second-order valence-corrected chi connectivity index (χ2v) is 2.21. The van der Waals surface area contributed by atoms with Crippen LogP contribution >= 0.6 is 0 Å². The third-order valence-corrected chi connectivity index (χ3v) is 1.50. The van der Waals surface area contributed by atoms with E-state index in [-0.39, 0.29) is 0 Å². The summed E-state index contributed by atoms with van der Waals surface area (Å²) in [5.74, 6) is 0.367. The van der Waals surface area contributed by atoms with Crippen LogP contribution in [0.5, 0.6) is 0 Å². The Labute approximate surface area is 62.8 Å². The molecule has 4 nitrogen and oxygen atoms in total. The highest BCUT2D eigenvalue weighted by molar-refractivity contribution is 5.75. The second kappa shape index (κ2) is 2.16. The van der Waals surface area contributed by atoms with Crippen LogP contribution in [0.25, 0.3) is 16.6 Å². The topological polar surface area (TPSA) is 65.0 Å². The third-order valence-electron chi connectivity index (χ3n) is 1.50. The zero-order chi connectivity index (χ0) is 7.68. The molecule has 0 atom stereocenters. The highest BCUT2D eigenvalue weighted by Crippen LogP contribution is 2.09.